The molecular weight excluding hydrogens is 322 g/mol. The molecule has 1 amide bonds. The van der Waals surface area contributed by atoms with Crippen LogP contribution in [0.25, 0.3) is 0 Å². The second-order valence-corrected chi connectivity index (χ2v) is 8.35. The molecule has 2 aliphatic rings. The molecule has 0 saturated carbocycles. The van der Waals surface area contributed by atoms with Crippen molar-refractivity contribution >= 4 is 5.91 Å². The summed E-state index contributed by atoms with van der Waals surface area (Å²) in [5, 5.41) is 3.61. The van der Waals surface area contributed by atoms with Crippen molar-refractivity contribution in [1.29, 1.82) is 0 Å². The highest BCUT2D eigenvalue weighted by Gasteiger charge is 2.40. The van der Waals surface area contributed by atoms with Gasteiger partial charge in [0.05, 0.1) is 0 Å². The van der Waals surface area contributed by atoms with Gasteiger partial charge in [-0.1, -0.05) is 32.4 Å². The van der Waals surface area contributed by atoms with Crippen molar-refractivity contribution in [2.24, 2.45) is 11.7 Å². The molecular formula is C22H35N3O. The molecule has 1 aromatic rings. The normalized spacial score (nSPS) is 26.8. The zero-order valence-corrected chi connectivity index (χ0v) is 16.4. The number of carbonyl (C=O) groups excluding carboxylic acids is 1. The summed E-state index contributed by atoms with van der Waals surface area (Å²) in [7, 11) is 0. The van der Waals surface area contributed by atoms with Crippen LogP contribution in [0.4, 0.5) is 0 Å². The van der Waals surface area contributed by atoms with Gasteiger partial charge in [0.2, 0.25) is 5.91 Å². The number of nitrogens with two attached hydrogens (primary N) is 1. The van der Waals surface area contributed by atoms with Crippen LogP contribution in [-0.2, 0) is 0 Å². The lowest BCUT2D eigenvalue weighted by atomic mass is 9.84. The van der Waals surface area contributed by atoms with Crippen LogP contribution in [0, 0.1) is 5.92 Å². The first-order chi connectivity index (χ1) is 12.6. The molecule has 2 aliphatic heterocycles. The fourth-order valence-electron chi connectivity index (χ4n) is 4.74. The van der Waals surface area contributed by atoms with E-state index in [9.17, 15) is 4.79 Å². The minimum Gasteiger partial charge on any atom is -0.366 e. The molecule has 2 fully saturated rings. The summed E-state index contributed by atoms with van der Waals surface area (Å²) in [5.41, 5.74) is 7.40. The fraction of sp³-hybridized carbons (Fsp3) is 0.682. The average Bonchev–Trinajstić information content (AvgIpc) is 2.88. The van der Waals surface area contributed by atoms with E-state index in [4.69, 9.17) is 5.73 Å². The van der Waals surface area contributed by atoms with Crippen molar-refractivity contribution in [3.8, 4) is 0 Å². The Morgan fingerprint density at radius 1 is 1.31 bits per heavy atom. The Hall–Kier alpha value is -1.39. The third-order valence-electron chi connectivity index (χ3n) is 6.49. The van der Waals surface area contributed by atoms with Gasteiger partial charge in [-0.2, -0.15) is 0 Å². The van der Waals surface area contributed by atoms with Gasteiger partial charge in [0, 0.05) is 17.6 Å². The number of hydrogen-bond donors (Lipinski definition) is 2. The lowest BCUT2D eigenvalue weighted by Gasteiger charge is -2.39. The topological polar surface area (TPSA) is 58.4 Å². The second kappa shape index (κ2) is 9.01. The Kier molecular flexibility index (Phi) is 6.71. The number of nitrogens with zero attached hydrogens (tertiary/aromatic N) is 1. The zero-order chi connectivity index (χ0) is 18.5. The molecule has 4 atom stereocenters. The summed E-state index contributed by atoms with van der Waals surface area (Å²) in [6.07, 6.45) is 7.60. The molecule has 3 N–H and O–H groups in total. The van der Waals surface area contributed by atoms with Crippen molar-refractivity contribution in [2.45, 2.75) is 70.4 Å². The van der Waals surface area contributed by atoms with Gasteiger partial charge in [-0.15, -0.1) is 0 Å². The molecule has 2 heterocycles. The van der Waals surface area contributed by atoms with E-state index in [1.54, 1.807) is 0 Å². The Bertz CT molecular complexity index is 589. The number of benzene rings is 1. The predicted octanol–water partition coefficient (Wildman–Crippen LogP) is 3.52. The highest BCUT2D eigenvalue weighted by molar-refractivity contribution is 5.92. The minimum atomic E-state index is -0.322. The third-order valence-corrected chi connectivity index (χ3v) is 6.49. The first-order valence-electron chi connectivity index (χ1n) is 10.4. The van der Waals surface area contributed by atoms with E-state index in [1.807, 2.05) is 18.2 Å². The maximum absolute atomic E-state index is 11.5. The number of rotatable bonds is 9. The van der Waals surface area contributed by atoms with E-state index < -0.39 is 0 Å². The quantitative estimate of drug-likeness (QED) is 0.665. The van der Waals surface area contributed by atoms with E-state index in [-0.39, 0.29) is 5.91 Å². The van der Waals surface area contributed by atoms with Crippen LogP contribution in [0.15, 0.2) is 24.3 Å². The number of fused-ring (bicyclic) bond motifs is 2. The lowest BCUT2D eigenvalue weighted by Crippen LogP contribution is -2.43. The van der Waals surface area contributed by atoms with Gasteiger partial charge < -0.3 is 11.1 Å². The molecule has 4 heteroatoms. The van der Waals surface area contributed by atoms with Crippen molar-refractivity contribution in [3.05, 3.63) is 35.4 Å². The second-order valence-electron chi connectivity index (χ2n) is 8.35. The van der Waals surface area contributed by atoms with Gasteiger partial charge in [-0.25, -0.2) is 0 Å². The summed E-state index contributed by atoms with van der Waals surface area (Å²) < 4.78 is 0. The summed E-state index contributed by atoms with van der Waals surface area (Å²) in [5.74, 6) is 1.03. The molecule has 1 aromatic carbocycles. The summed E-state index contributed by atoms with van der Waals surface area (Å²) in [6.45, 7) is 8.06. The van der Waals surface area contributed by atoms with Gasteiger partial charge in [-0.3, -0.25) is 9.69 Å². The van der Waals surface area contributed by atoms with Crippen LogP contribution >= 0.6 is 0 Å². The third kappa shape index (κ3) is 4.66. The van der Waals surface area contributed by atoms with Gasteiger partial charge in [-0.05, 0) is 81.3 Å². The molecule has 2 saturated heterocycles. The van der Waals surface area contributed by atoms with Gasteiger partial charge in [0.15, 0.2) is 0 Å². The van der Waals surface area contributed by atoms with Crippen LogP contribution in [0.1, 0.15) is 74.2 Å². The maximum atomic E-state index is 11.5. The van der Waals surface area contributed by atoms with E-state index in [1.165, 1.54) is 50.6 Å². The zero-order valence-electron chi connectivity index (χ0n) is 16.4. The van der Waals surface area contributed by atoms with Crippen molar-refractivity contribution in [3.63, 3.8) is 0 Å². The number of amides is 1. The molecule has 2 bridgehead atoms. The average molecular weight is 358 g/mol. The number of nitrogens with one attached hydrogen (secondary N) is 1. The minimum absolute atomic E-state index is 0.322. The van der Waals surface area contributed by atoms with Crippen molar-refractivity contribution < 1.29 is 4.79 Å². The smallest absolute Gasteiger partial charge is 0.248 e. The number of carbonyl (C=O) groups is 1. The molecule has 4 nitrogen and oxygen atoms in total. The van der Waals surface area contributed by atoms with Crippen molar-refractivity contribution in [2.75, 3.05) is 19.6 Å². The SMILES string of the molecule is CCC(C)CNCCCN1[C@@H]2CC[C@H]1CC(c1cccc(C(N)=O)c1)C2. The first-order valence-corrected chi connectivity index (χ1v) is 10.4. The molecule has 2 unspecified atom stereocenters. The highest BCUT2D eigenvalue weighted by atomic mass is 16.1. The van der Waals surface area contributed by atoms with Gasteiger partial charge in [0.1, 0.15) is 0 Å². The number of hydrogen-bond acceptors (Lipinski definition) is 3. The Balaban J connectivity index is 1.50. The van der Waals surface area contributed by atoms with E-state index >= 15 is 0 Å². The summed E-state index contributed by atoms with van der Waals surface area (Å²) in [6, 6.07) is 9.41. The highest BCUT2D eigenvalue weighted by Crippen LogP contribution is 2.43. The van der Waals surface area contributed by atoms with Crippen LogP contribution in [0.2, 0.25) is 0 Å². The monoisotopic (exact) mass is 357 g/mol. The Labute approximate surface area is 158 Å². The first kappa shape index (κ1) is 19.4. The summed E-state index contributed by atoms with van der Waals surface area (Å²) >= 11 is 0. The van der Waals surface area contributed by atoms with Gasteiger partial charge in [0.25, 0.3) is 0 Å². The fourth-order valence-corrected chi connectivity index (χ4v) is 4.74. The van der Waals surface area contributed by atoms with Crippen molar-refractivity contribution in [1.82, 2.24) is 10.2 Å². The van der Waals surface area contributed by atoms with Crippen LogP contribution in [0.3, 0.4) is 0 Å². The van der Waals surface area contributed by atoms with Crippen LogP contribution in [0.5, 0.6) is 0 Å². The number of primary amides is 1. The van der Waals surface area contributed by atoms with Crippen LogP contribution < -0.4 is 11.1 Å². The molecule has 144 valence electrons. The Morgan fingerprint density at radius 2 is 2.04 bits per heavy atom. The Morgan fingerprint density at radius 3 is 2.69 bits per heavy atom. The molecule has 0 aromatic heterocycles. The molecule has 0 aliphatic carbocycles. The number of piperidine rings is 1. The molecule has 0 spiro atoms. The van der Waals surface area contributed by atoms with E-state index in [0.717, 1.165) is 19.0 Å². The molecule has 0 radical (unpaired) electrons. The molecule has 3 rings (SSSR count). The van der Waals surface area contributed by atoms with E-state index in [0.29, 0.717) is 23.6 Å². The standard InChI is InChI=1S/C22H35N3O/c1-3-16(2)15-24-10-5-11-25-20-8-9-21(25)14-19(13-20)17-6-4-7-18(12-17)22(23)26/h4,6-7,12,16,19-21,24H,3,5,8-11,13-15H2,1-2H3,(H2,23,26)/t16?,19?,20-,21+. The molecule has 26 heavy (non-hydrogen) atoms. The van der Waals surface area contributed by atoms with Gasteiger partial charge >= 0.3 is 0 Å². The van der Waals surface area contributed by atoms with E-state index in [2.05, 4.69) is 30.1 Å². The van der Waals surface area contributed by atoms with Crippen LogP contribution in [-0.4, -0.2) is 42.5 Å². The maximum Gasteiger partial charge on any atom is 0.248 e. The largest absolute Gasteiger partial charge is 0.366 e. The summed E-state index contributed by atoms with van der Waals surface area (Å²) in [4.78, 5) is 14.2. The lowest BCUT2D eigenvalue weighted by molar-refractivity contribution is 0.1000. The predicted molar refractivity (Wildman–Crippen MR) is 107 cm³/mol.